The van der Waals surface area contributed by atoms with Crippen molar-refractivity contribution in [3.63, 3.8) is 0 Å². The van der Waals surface area contributed by atoms with E-state index < -0.39 is 0 Å². The summed E-state index contributed by atoms with van der Waals surface area (Å²) in [5.41, 5.74) is 1.55. The topological polar surface area (TPSA) is 0 Å². The van der Waals surface area contributed by atoms with Crippen LogP contribution in [0.25, 0.3) is 0 Å². The second-order valence-corrected chi connectivity index (χ2v) is 4.63. The molecule has 1 unspecified atom stereocenters. The molecule has 0 aliphatic carbocycles. The van der Waals surface area contributed by atoms with Crippen molar-refractivity contribution in [3.8, 4) is 0 Å². The van der Waals surface area contributed by atoms with Gasteiger partial charge >= 0.3 is 0 Å². The zero-order valence-electron chi connectivity index (χ0n) is 11.1. The van der Waals surface area contributed by atoms with E-state index in [0.29, 0.717) is 0 Å². The molecule has 0 heteroatoms. The average molecular weight is 208 g/mol. The Morgan fingerprint density at radius 1 is 1.20 bits per heavy atom. The number of rotatable bonds is 8. The van der Waals surface area contributed by atoms with Crippen molar-refractivity contribution in [3.05, 3.63) is 23.8 Å². The highest BCUT2D eigenvalue weighted by atomic mass is 14.0. The Hall–Kier alpha value is -0.520. The number of hydrogen-bond donors (Lipinski definition) is 0. The minimum atomic E-state index is 0.898. The van der Waals surface area contributed by atoms with E-state index in [9.17, 15) is 0 Å². The summed E-state index contributed by atoms with van der Waals surface area (Å²) >= 11 is 0. The van der Waals surface area contributed by atoms with Crippen molar-refractivity contribution in [1.82, 2.24) is 0 Å². The zero-order chi connectivity index (χ0) is 11.5. The van der Waals surface area contributed by atoms with Crippen molar-refractivity contribution >= 4 is 0 Å². The van der Waals surface area contributed by atoms with Crippen LogP contribution in [0.5, 0.6) is 0 Å². The first-order chi connectivity index (χ1) is 7.20. The lowest BCUT2D eigenvalue weighted by Crippen LogP contribution is -1.92. The first-order valence-corrected chi connectivity index (χ1v) is 6.47. The van der Waals surface area contributed by atoms with Gasteiger partial charge in [-0.3, -0.25) is 0 Å². The Morgan fingerprint density at radius 3 is 2.53 bits per heavy atom. The van der Waals surface area contributed by atoms with E-state index in [4.69, 9.17) is 0 Å². The molecular weight excluding hydrogens is 180 g/mol. The first-order valence-electron chi connectivity index (χ1n) is 6.47. The van der Waals surface area contributed by atoms with Crippen molar-refractivity contribution in [2.45, 2.75) is 66.2 Å². The minimum Gasteiger partial charge on any atom is -0.0917 e. The molecule has 0 aromatic rings. The molecule has 0 aliphatic rings. The Kier molecular flexibility index (Phi) is 9.67. The molecule has 0 nitrogen and oxygen atoms in total. The highest BCUT2D eigenvalue weighted by Gasteiger charge is 1.98. The van der Waals surface area contributed by atoms with E-state index in [0.717, 1.165) is 5.92 Å². The van der Waals surface area contributed by atoms with Gasteiger partial charge in [-0.05, 0) is 45.4 Å². The van der Waals surface area contributed by atoms with E-state index >= 15 is 0 Å². The first kappa shape index (κ1) is 14.5. The molecule has 15 heavy (non-hydrogen) atoms. The van der Waals surface area contributed by atoms with Crippen LogP contribution in [-0.2, 0) is 0 Å². The highest BCUT2D eigenvalue weighted by molar-refractivity contribution is 4.99. The predicted molar refractivity (Wildman–Crippen MR) is 71.1 cm³/mol. The van der Waals surface area contributed by atoms with E-state index in [1.165, 1.54) is 38.5 Å². The molecule has 0 amide bonds. The maximum Gasteiger partial charge on any atom is -0.0288 e. The molecule has 0 heterocycles. The van der Waals surface area contributed by atoms with Gasteiger partial charge in [0.1, 0.15) is 0 Å². The Balaban J connectivity index is 3.57. The van der Waals surface area contributed by atoms with Crippen LogP contribution in [0.15, 0.2) is 23.8 Å². The summed E-state index contributed by atoms with van der Waals surface area (Å²) in [4.78, 5) is 0. The summed E-state index contributed by atoms with van der Waals surface area (Å²) in [5.74, 6) is 0.898. The van der Waals surface area contributed by atoms with Gasteiger partial charge in [0.2, 0.25) is 0 Å². The molecule has 88 valence electrons. The molecule has 0 spiro atoms. The van der Waals surface area contributed by atoms with Crippen molar-refractivity contribution in [1.29, 1.82) is 0 Å². The third-order valence-corrected chi connectivity index (χ3v) is 2.87. The summed E-state index contributed by atoms with van der Waals surface area (Å²) in [6, 6.07) is 0. The Labute approximate surface area is 96.5 Å². The van der Waals surface area contributed by atoms with E-state index in [1.807, 2.05) is 0 Å². The van der Waals surface area contributed by atoms with Gasteiger partial charge < -0.3 is 0 Å². The predicted octanol–water partition coefficient (Wildman–Crippen LogP) is 5.51. The van der Waals surface area contributed by atoms with Crippen molar-refractivity contribution < 1.29 is 0 Å². The Bertz CT molecular complexity index is 186. The fourth-order valence-corrected chi connectivity index (χ4v) is 1.83. The fourth-order valence-electron chi connectivity index (χ4n) is 1.83. The standard InChI is InChI=1S/C15H28/c1-5-7-8-11-15(4)13-9-12-14(3)10-6-2/h5,7,13-14H,6,8-12H2,1-4H3. The van der Waals surface area contributed by atoms with Crippen LogP contribution in [-0.4, -0.2) is 0 Å². The molecule has 0 aliphatic heterocycles. The maximum absolute atomic E-state index is 2.43. The lowest BCUT2D eigenvalue weighted by molar-refractivity contribution is 0.490. The normalized spacial score (nSPS) is 14.8. The lowest BCUT2D eigenvalue weighted by Gasteiger charge is -2.07. The molecule has 0 fully saturated rings. The largest absolute Gasteiger partial charge is 0.0917 e. The number of allylic oxidation sites excluding steroid dienone is 4. The smallest absolute Gasteiger partial charge is 0.0288 e. The van der Waals surface area contributed by atoms with Gasteiger partial charge in [0.15, 0.2) is 0 Å². The van der Waals surface area contributed by atoms with Gasteiger partial charge in [0.25, 0.3) is 0 Å². The molecule has 0 rings (SSSR count). The Morgan fingerprint density at radius 2 is 1.93 bits per heavy atom. The van der Waals surface area contributed by atoms with E-state index in [-0.39, 0.29) is 0 Å². The second-order valence-electron chi connectivity index (χ2n) is 4.63. The zero-order valence-corrected chi connectivity index (χ0v) is 11.1. The van der Waals surface area contributed by atoms with Gasteiger partial charge in [-0.15, -0.1) is 0 Å². The monoisotopic (exact) mass is 208 g/mol. The third-order valence-electron chi connectivity index (χ3n) is 2.87. The van der Waals surface area contributed by atoms with Gasteiger partial charge in [0.05, 0.1) is 0 Å². The van der Waals surface area contributed by atoms with Crippen molar-refractivity contribution in [2.75, 3.05) is 0 Å². The fraction of sp³-hybridized carbons (Fsp3) is 0.733. The molecule has 0 saturated heterocycles. The molecule has 0 N–H and O–H groups in total. The van der Waals surface area contributed by atoms with E-state index in [2.05, 4.69) is 45.9 Å². The average Bonchev–Trinajstić information content (AvgIpc) is 2.18. The van der Waals surface area contributed by atoms with E-state index in [1.54, 1.807) is 5.57 Å². The van der Waals surface area contributed by atoms with Gasteiger partial charge in [-0.2, -0.15) is 0 Å². The molecule has 1 atom stereocenters. The van der Waals surface area contributed by atoms with Gasteiger partial charge in [-0.1, -0.05) is 50.5 Å². The quantitative estimate of drug-likeness (QED) is 0.462. The van der Waals surface area contributed by atoms with Crippen LogP contribution in [0.1, 0.15) is 66.2 Å². The summed E-state index contributed by atoms with van der Waals surface area (Å²) in [5, 5.41) is 0. The summed E-state index contributed by atoms with van der Waals surface area (Å²) in [6.07, 6.45) is 14.6. The third kappa shape index (κ3) is 9.78. The SMILES string of the molecule is CC=CCCC(C)=CCCC(C)CCC. The van der Waals surface area contributed by atoms with Crippen LogP contribution in [0.3, 0.4) is 0 Å². The van der Waals surface area contributed by atoms with Crippen LogP contribution in [0, 0.1) is 5.92 Å². The molecule has 0 aromatic heterocycles. The van der Waals surface area contributed by atoms with Crippen LogP contribution in [0.2, 0.25) is 0 Å². The maximum atomic E-state index is 2.43. The van der Waals surface area contributed by atoms with Crippen LogP contribution < -0.4 is 0 Å². The lowest BCUT2D eigenvalue weighted by atomic mass is 9.99. The van der Waals surface area contributed by atoms with Gasteiger partial charge in [0, 0.05) is 0 Å². The summed E-state index contributed by atoms with van der Waals surface area (Å²) in [7, 11) is 0. The summed E-state index contributed by atoms with van der Waals surface area (Å²) in [6.45, 7) is 8.99. The molecule has 0 saturated carbocycles. The number of hydrogen-bond acceptors (Lipinski definition) is 0. The van der Waals surface area contributed by atoms with Gasteiger partial charge in [-0.25, -0.2) is 0 Å². The van der Waals surface area contributed by atoms with Crippen LogP contribution in [0.4, 0.5) is 0 Å². The minimum absolute atomic E-state index is 0.898. The second kappa shape index (κ2) is 10.0. The highest BCUT2D eigenvalue weighted by Crippen LogP contribution is 2.14. The molecule has 0 radical (unpaired) electrons. The van der Waals surface area contributed by atoms with Crippen LogP contribution >= 0.6 is 0 Å². The molecular formula is C15H28. The molecule has 0 aromatic carbocycles. The summed E-state index contributed by atoms with van der Waals surface area (Å²) < 4.78 is 0. The van der Waals surface area contributed by atoms with Crippen molar-refractivity contribution in [2.24, 2.45) is 5.92 Å². The molecule has 0 bridgehead atoms.